The van der Waals surface area contributed by atoms with Crippen LogP contribution < -0.4 is 14.8 Å². The third kappa shape index (κ3) is 5.85. The van der Waals surface area contributed by atoms with Crippen LogP contribution in [0.15, 0.2) is 71.6 Å². The lowest BCUT2D eigenvalue weighted by atomic mass is 10.2. The number of amides is 1. The Morgan fingerprint density at radius 3 is 2.33 bits per heavy atom. The number of carbonyl (C=O) groups excluding carboxylic acids is 1. The minimum atomic E-state index is -4.27. The molecule has 0 unspecified atom stereocenters. The van der Waals surface area contributed by atoms with Gasteiger partial charge in [-0.05, 0) is 29.8 Å². The molecule has 3 rings (SSSR count). The first-order valence-electron chi connectivity index (χ1n) is 9.75. The largest absolute Gasteiger partial charge is 0.497 e. The maximum atomic E-state index is 14.0. The van der Waals surface area contributed by atoms with Crippen LogP contribution in [-0.2, 0) is 21.4 Å². The normalized spacial score (nSPS) is 11.3. The van der Waals surface area contributed by atoms with E-state index < -0.39 is 34.1 Å². The molecule has 0 atom stereocenters. The number of sulfonamides is 1. The molecule has 0 saturated heterocycles. The van der Waals surface area contributed by atoms with Crippen molar-refractivity contribution in [2.45, 2.75) is 11.4 Å². The fraction of sp³-hybridized carbons (Fsp3) is 0.174. The molecule has 1 amide bonds. The highest BCUT2D eigenvalue weighted by molar-refractivity contribution is 7.89. The first-order valence-corrected chi connectivity index (χ1v) is 11.2. The van der Waals surface area contributed by atoms with Crippen molar-refractivity contribution in [3.05, 3.63) is 83.9 Å². The number of methoxy groups -OCH3 is 2. The van der Waals surface area contributed by atoms with Gasteiger partial charge >= 0.3 is 0 Å². The van der Waals surface area contributed by atoms with Gasteiger partial charge in [-0.1, -0.05) is 30.3 Å². The number of hydrogen-bond donors (Lipinski definition) is 1. The average Bonchev–Trinajstić information content (AvgIpc) is 2.80. The third-order valence-corrected chi connectivity index (χ3v) is 6.53. The Bertz CT molecular complexity index is 1240. The van der Waals surface area contributed by atoms with Gasteiger partial charge in [-0.15, -0.1) is 0 Å². The van der Waals surface area contributed by atoms with Gasteiger partial charge in [0.15, 0.2) is 0 Å². The number of carbonyl (C=O) groups is 1. The summed E-state index contributed by atoms with van der Waals surface area (Å²) in [5.41, 5.74) is 0.362. The van der Waals surface area contributed by atoms with Crippen LogP contribution in [0.4, 0.5) is 14.5 Å². The molecule has 7 nitrogen and oxygen atoms in total. The predicted molar refractivity (Wildman–Crippen MR) is 119 cm³/mol. The lowest BCUT2D eigenvalue weighted by Gasteiger charge is -2.23. The van der Waals surface area contributed by atoms with Crippen molar-refractivity contribution < 1.29 is 31.5 Å². The lowest BCUT2D eigenvalue weighted by molar-refractivity contribution is -0.116. The maximum absolute atomic E-state index is 14.0. The molecular formula is C23H22F2N2O5S. The summed E-state index contributed by atoms with van der Waals surface area (Å²) in [7, 11) is -1.55. The number of anilines is 1. The molecular weight excluding hydrogens is 454 g/mol. The van der Waals surface area contributed by atoms with Gasteiger partial charge in [-0.2, -0.15) is 4.31 Å². The monoisotopic (exact) mass is 476 g/mol. The van der Waals surface area contributed by atoms with Crippen LogP contribution in [-0.4, -0.2) is 39.4 Å². The van der Waals surface area contributed by atoms with Crippen molar-refractivity contribution in [3.63, 3.8) is 0 Å². The quantitative estimate of drug-likeness (QED) is 0.508. The highest BCUT2D eigenvalue weighted by atomic mass is 32.2. The first-order chi connectivity index (χ1) is 15.7. The molecule has 0 aliphatic rings. The molecule has 10 heteroatoms. The number of rotatable bonds is 9. The van der Waals surface area contributed by atoms with Gasteiger partial charge < -0.3 is 14.8 Å². The minimum Gasteiger partial charge on any atom is -0.497 e. The van der Waals surface area contributed by atoms with Crippen LogP contribution in [0.2, 0.25) is 0 Å². The number of ether oxygens (including phenoxy) is 2. The van der Waals surface area contributed by atoms with E-state index in [1.807, 2.05) is 0 Å². The average molecular weight is 477 g/mol. The zero-order valence-electron chi connectivity index (χ0n) is 17.9. The number of hydrogen-bond acceptors (Lipinski definition) is 5. The van der Waals surface area contributed by atoms with Crippen molar-refractivity contribution in [2.75, 3.05) is 26.1 Å². The van der Waals surface area contributed by atoms with Gasteiger partial charge in [0.1, 0.15) is 28.0 Å². The fourth-order valence-electron chi connectivity index (χ4n) is 3.08. The summed E-state index contributed by atoms with van der Waals surface area (Å²) in [6, 6.07) is 15.6. The van der Waals surface area contributed by atoms with E-state index in [4.69, 9.17) is 9.47 Å². The first kappa shape index (κ1) is 24.1. The maximum Gasteiger partial charge on any atom is 0.247 e. The summed E-state index contributed by atoms with van der Waals surface area (Å²) < 4.78 is 65.5. The van der Waals surface area contributed by atoms with Crippen molar-refractivity contribution in [1.82, 2.24) is 4.31 Å². The Morgan fingerprint density at radius 2 is 1.70 bits per heavy atom. The lowest BCUT2D eigenvalue weighted by Crippen LogP contribution is -2.37. The van der Waals surface area contributed by atoms with Gasteiger partial charge in [0, 0.05) is 18.7 Å². The predicted octanol–water partition coefficient (Wildman–Crippen LogP) is 3.81. The van der Waals surface area contributed by atoms with Crippen LogP contribution in [0.1, 0.15) is 5.56 Å². The molecule has 1 N–H and O–H groups in total. The SMILES string of the molecule is COc1ccc(OC)c(S(=O)(=O)N(CC(=O)Nc2ccc(F)cc2F)Cc2ccccc2)c1. The van der Waals surface area contributed by atoms with Gasteiger partial charge in [-0.3, -0.25) is 4.79 Å². The van der Waals surface area contributed by atoms with E-state index in [1.165, 1.54) is 26.4 Å². The van der Waals surface area contributed by atoms with Crippen molar-refractivity contribution in [1.29, 1.82) is 0 Å². The second-order valence-corrected chi connectivity index (χ2v) is 8.85. The molecule has 0 aromatic heterocycles. The fourth-order valence-corrected chi connectivity index (χ4v) is 4.63. The van der Waals surface area contributed by atoms with Crippen LogP contribution >= 0.6 is 0 Å². The van der Waals surface area contributed by atoms with Gasteiger partial charge in [0.25, 0.3) is 0 Å². The number of benzene rings is 3. The van der Waals surface area contributed by atoms with E-state index in [1.54, 1.807) is 36.4 Å². The summed E-state index contributed by atoms with van der Waals surface area (Å²) in [6.45, 7) is -0.767. The van der Waals surface area contributed by atoms with E-state index in [0.717, 1.165) is 16.4 Å². The van der Waals surface area contributed by atoms with Gasteiger partial charge in [0.05, 0.1) is 26.5 Å². The number of nitrogens with one attached hydrogen (secondary N) is 1. The van der Waals surface area contributed by atoms with Crippen LogP contribution in [0.25, 0.3) is 0 Å². The summed E-state index contributed by atoms with van der Waals surface area (Å²) in [5.74, 6) is -2.23. The Kier molecular flexibility index (Phi) is 7.62. The molecule has 0 spiro atoms. The molecule has 3 aromatic carbocycles. The van der Waals surface area contributed by atoms with E-state index in [-0.39, 0.29) is 28.6 Å². The molecule has 0 bridgehead atoms. The van der Waals surface area contributed by atoms with E-state index in [9.17, 15) is 22.0 Å². The zero-order chi connectivity index (χ0) is 24.0. The molecule has 0 heterocycles. The molecule has 0 aliphatic heterocycles. The molecule has 174 valence electrons. The van der Waals surface area contributed by atoms with Crippen molar-refractivity contribution >= 4 is 21.6 Å². The smallest absolute Gasteiger partial charge is 0.247 e. The molecule has 33 heavy (non-hydrogen) atoms. The summed E-state index contributed by atoms with van der Waals surface area (Å²) in [5, 5.41) is 2.29. The molecule has 3 aromatic rings. The standard InChI is InChI=1S/C23H22F2N2O5S/c1-31-18-9-11-21(32-2)22(13-18)33(29,30)27(14-16-6-4-3-5-7-16)15-23(28)26-20-10-8-17(24)12-19(20)25/h3-13H,14-15H2,1-2H3,(H,26,28). The van der Waals surface area contributed by atoms with Crippen molar-refractivity contribution in [3.8, 4) is 11.5 Å². The van der Waals surface area contributed by atoms with E-state index in [2.05, 4.69) is 5.32 Å². The number of nitrogens with zero attached hydrogens (tertiary/aromatic N) is 1. The second-order valence-electron chi connectivity index (χ2n) is 6.95. The number of halogens is 2. The Hall–Kier alpha value is -3.50. The van der Waals surface area contributed by atoms with E-state index in [0.29, 0.717) is 11.6 Å². The third-order valence-electron chi connectivity index (χ3n) is 4.72. The highest BCUT2D eigenvalue weighted by Gasteiger charge is 2.30. The van der Waals surface area contributed by atoms with Gasteiger partial charge in [-0.25, -0.2) is 17.2 Å². The Morgan fingerprint density at radius 1 is 0.970 bits per heavy atom. The minimum absolute atomic E-state index is 0.0684. The molecule has 0 radical (unpaired) electrons. The molecule has 0 saturated carbocycles. The molecule has 0 fully saturated rings. The van der Waals surface area contributed by atoms with Crippen LogP contribution in [0.5, 0.6) is 11.5 Å². The summed E-state index contributed by atoms with van der Waals surface area (Å²) >= 11 is 0. The van der Waals surface area contributed by atoms with E-state index >= 15 is 0 Å². The Balaban J connectivity index is 1.96. The summed E-state index contributed by atoms with van der Waals surface area (Å²) in [6.07, 6.45) is 0. The van der Waals surface area contributed by atoms with Crippen molar-refractivity contribution in [2.24, 2.45) is 0 Å². The topological polar surface area (TPSA) is 84.9 Å². The van der Waals surface area contributed by atoms with Gasteiger partial charge in [0.2, 0.25) is 15.9 Å². The summed E-state index contributed by atoms with van der Waals surface area (Å²) in [4.78, 5) is 12.5. The Labute approximate surface area is 190 Å². The highest BCUT2D eigenvalue weighted by Crippen LogP contribution is 2.31. The van der Waals surface area contributed by atoms with Crippen LogP contribution in [0.3, 0.4) is 0 Å². The van der Waals surface area contributed by atoms with Crippen LogP contribution in [0, 0.1) is 11.6 Å². The second kappa shape index (κ2) is 10.4. The zero-order valence-corrected chi connectivity index (χ0v) is 18.7. The molecule has 0 aliphatic carbocycles.